The first-order valence-corrected chi connectivity index (χ1v) is 5.15. The van der Waals surface area contributed by atoms with Crippen molar-refractivity contribution in [2.75, 3.05) is 5.32 Å². The number of hydrogen-bond acceptors (Lipinski definition) is 1. The molecule has 0 aromatic heterocycles. The van der Waals surface area contributed by atoms with E-state index in [1.807, 2.05) is 18.2 Å². The van der Waals surface area contributed by atoms with Gasteiger partial charge in [-0.25, -0.2) is 0 Å². The summed E-state index contributed by atoms with van der Waals surface area (Å²) in [7, 11) is 0. The van der Waals surface area contributed by atoms with Crippen molar-refractivity contribution in [2.24, 2.45) is 0 Å². The van der Waals surface area contributed by atoms with E-state index in [1.165, 1.54) is 16.8 Å². The Labute approximate surface area is 90.8 Å². The summed E-state index contributed by atoms with van der Waals surface area (Å²) in [4.78, 5) is 0. The van der Waals surface area contributed by atoms with Crippen LogP contribution in [0.15, 0.2) is 48.5 Å². The first-order chi connectivity index (χ1) is 7.25. The van der Waals surface area contributed by atoms with Crippen molar-refractivity contribution in [3.05, 3.63) is 59.7 Å². The number of anilines is 2. The third kappa shape index (κ3) is 2.38. The van der Waals surface area contributed by atoms with E-state index in [-0.39, 0.29) is 0 Å². The van der Waals surface area contributed by atoms with Crippen LogP contribution in [0.2, 0.25) is 0 Å². The van der Waals surface area contributed by atoms with E-state index >= 15 is 0 Å². The zero-order valence-corrected chi connectivity index (χ0v) is 9.12. The highest BCUT2D eigenvalue weighted by Crippen LogP contribution is 2.20. The van der Waals surface area contributed by atoms with E-state index in [0.717, 1.165) is 5.69 Å². The van der Waals surface area contributed by atoms with Gasteiger partial charge in [0.15, 0.2) is 0 Å². The van der Waals surface area contributed by atoms with Gasteiger partial charge in [-0.3, -0.25) is 0 Å². The maximum Gasteiger partial charge on any atom is 0.0414 e. The van der Waals surface area contributed by atoms with Crippen molar-refractivity contribution in [2.45, 2.75) is 13.8 Å². The molecule has 1 N–H and O–H groups in total. The summed E-state index contributed by atoms with van der Waals surface area (Å²) in [6, 6.07) is 16.7. The normalized spacial score (nSPS) is 10.0. The molecule has 0 aliphatic heterocycles. The topological polar surface area (TPSA) is 12.0 Å². The second-order valence-electron chi connectivity index (χ2n) is 3.81. The van der Waals surface area contributed by atoms with Gasteiger partial charge in [-0.05, 0) is 37.6 Å². The molecule has 15 heavy (non-hydrogen) atoms. The predicted octanol–water partition coefficient (Wildman–Crippen LogP) is 4.05. The molecule has 0 radical (unpaired) electrons. The quantitative estimate of drug-likeness (QED) is 0.766. The molecule has 0 spiro atoms. The van der Waals surface area contributed by atoms with Gasteiger partial charge in [0.05, 0.1) is 0 Å². The Morgan fingerprint density at radius 1 is 0.867 bits per heavy atom. The fourth-order valence-electron chi connectivity index (χ4n) is 1.63. The van der Waals surface area contributed by atoms with E-state index in [9.17, 15) is 0 Å². The molecule has 0 aliphatic rings. The van der Waals surface area contributed by atoms with Gasteiger partial charge in [0.25, 0.3) is 0 Å². The Kier molecular flexibility index (Phi) is 2.72. The highest BCUT2D eigenvalue weighted by atomic mass is 14.9. The van der Waals surface area contributed by atoms with Gasteiger partial charge < -0.3 is 5.32 Å². The minimum Gasteiger partial charge on any atom is -0.355 e. The van der Waals surface area contributed by atoms with Crippen LogP contribution in [-0.4, -0.2) is 0 Å². The zero-order chi connectivity index (χ0) is 10.7. The Balaban J connectivity index is 2.25. The van der Waals surface area contributed by atoms with Crippen LogP contribution >= 0.6 is 0 Å². The highest BCUT2D eigenvalue weighted by molar-refractivity contribution is 5.63. The van der Waals surface area contributed by atoms with E-state index in [2.05, 4.69) is 49.5 Å². The summed E-state index contributed by atoms with van der Waals surface area (Å²) in [6.45, 7) is 4.23. The van der Waals surface area contributed by atoms with Crippen LogP contribution in [0.4, 0.5) is 11.4 Å². The van der Waals surface area contributed by atoms with Gasteiger partial charge in [-0.1, -0.05) is 35.9 Å². The van der Waals surface area contributed by atoms with E-state index in [0.29, 0.717) is 0 Å². The summed E-state index contributed by atoms with van der Waals surface area (Å²) in [5, 5.41) is 3.40. The SMILES string of the molecule is Cc1ccc(Nc2ccccc2)c(C)c1. The summed E-state index contributed by atoms with van der Waals surface area (Å²) in [6.07, 6.45) is 0. The molecule has 0 atom stereocenters. The minimum atomic E-state index is 1.13. The molecule has 0 unspecified atom stereocenters. The second kappa shape index (κ2) is 4.18. The number of hydrogen-bond donors (Lipinski definition) is 1. The van der Waals surface area contributed by atoms with Crippen LogP contribution in [0.25, 0.3) is 0 Å². The molecule has 0 aliphatic carbocycles. The molecule has 2 aromatic rings. The molecule has 0 amide bonds. The first-order valence-electron chi connectivity index (χ1n) is 5.15. The van der Waals surface area contributed by atoms with Gasteiger partial charge in [0, 0.05) is 11.4 Å². The lowest BCUT2D eigenvalue weighted by Gasteiger charge is -2.09. The van der Waals surface area contributed by atoms with Crippen LogP contribution in [0, 0.1) is 13.8 Å². The molecule has 2 rings (SSSR count). The van der Waals surface area contributed by atoms with Gasteiger partial charge in [0.2, 0.25) is 0 Å². The molecule has 0 saturated carbocycles. The van der Waals surface area contributed by atoms with Crippen LogP contribution in [0.3, 0.4) is 0 Å². The number of benzene rings is 2. The molecular formula is C14H15N. The lowest BCUT2D eigenvalue weighted by Crippen LogP contribution is -1.92. The molecular weight excluding hydrogens is 182 g/mol. The zero-order valence-electron chi connectivity index (χ0n) is 9.12. The maximum absolute atomic E-state index is 3.40. The summed E-state index contributed by atoms with van der Waals surface area (Å²) in [5.41, 5.74) is 4.88. The maximum atomic E-state index is 3.40. The number of para-hydroxylation sites is 1. The lowest BCUT2D eigenvalue weighted by molar-refractivity contribution is 1.37. The average molecular weight is 197 g/mol. The van der Waals surface area contributed by atoms with Crippen LogP contribution in [-0.2, 0) is 0 Å². The molecule has 76 valence electrons. The van der Waals surface area contributed by atoms with Gasteiger partial charge in [0.1, 0.15) is 0 Å². The predicted molar refractivity (Wildman–Crippen MR) is 65.6 cm³/mol. The van der Waals surface area contributed by atoms with Crippen molar-refractivity contribution < 1.29 is 0 Å². The third-order valence-corrected chi connectivity index (χ3v) is 2.43. The Morgan fingerprint density at radius 2 is 1.60 bits per heavy atom. The van der Waals surface area contributed by atoms with Gasteiger partial charge in [-0.15, -0.1) is 0 Å². The van der Waals surface area contributed by atoms with Crippen molar-refractivity contribution >= 4 is 11.4 Å². The average Bonchev–Trinajstić information content (AvgIpc) is 2.24. The van der Waals surface area contributed by atoms with Crippen LogP contribution in [0.5, 0.6) is 0 Å². The molecule has 1 heteroatoms. The second-order valence-corrected chi connectivity index (χ2v) is 3.81. The highest BCUT2D eigenvalue weighted by Gasteiger charge is 1.97. The number of aryl methyl sites for hydroxylation is 2. The van der Waals surface area contributed by atoms with E-state index in [4.69, 9.17) is 0 Å². The molecule has 0 bridgehead atoms. The number of nitrogens with one attached hydrogen (secondary N) is 1. The van der Waals surface area contributed by atoms with E-state index in [1.54, 1.807) is 0 Å². The molecule has 2 aromatic carbocycles. The Bertz CT molecular complexity index is 446. The Morgan fingerprint density at radius 3 is 2.27 bits per heavy atom. The van der Waals surface area contributed by atoms with Crippen LogP contribution in [0.1, 0.15) is 11.1 Å². The lowest BCUT2D eigenvalue weighted by atomic mass is 10.1. The van der Waals surface area contributed by atoms with Crippen molar-refractivity contribution in [1.82, 2.24) is 0 Å². The fourth-order valence-corrected chi connectivity index (χ4v) is 1.63. The number of rotatable bonds is 2. The monoisotopic (exact) mass is 197 g/mol. The summed E-state index contributed by atoms with van der Waals surface area (Å²) in [5.74, 6) is 0. The fraction of sp³-hybridized carbons (Fsp3) is 0.143. The first kappa shape index (κ1) is 9.78. The van der Waals surface area contributed by atoms with Gasteiger partial charge in [-0.2, -0.15) is 0 Å². The summed E-state index contributed by atoms with van der Waals surface area (Å²) >= 11 is 0. The molecule has 0 fully saturated rings. The molecule has 1 nitrogen and oxygen atoms in total. The van der Waals surface area contributed by atoms with Crippen molar-refractivity contribution in [1.29, 1.82) is 0 Å². The van der Waals surface area contributed by atoms with Gasteiger partial charge >= 0.3 is 0 Å². The smallest absolute Gasteiger partial charge is 0.0414 e. The Hall–Kier alpha value is -1.76. The molecule has 0 saturated heterocycles. The largest absolute Gasteiger partial charge is 0.355 e. The molecule has 0 heterocycles. The van der Waals surface area contributed by atoms with Crippen molar-refractivity contribution in [3.8, 4) is 0 Å². The summed E-state index contributed by atoms with van der Waals surface area (Å²) < 4.78 is 0. The van der Waals surface area contributed by atoms with Crippen molar-refractivity contribution in [3.63, 3.8) is 0 Å². The standard InChI is InChI=1S/C14H15N/c1-11-8-9-14(12(2)10-11)15-13-6-4-3-5-7-13/h3-10,15H,1-2H3. The van der Waals surface area contributed by atoms with Crippen LogP contribution < -0.4 is 5.32 Å². The minimum absolute atomic E-state index is 1.13. The van der Waals surface area contributed by atoms with E-state index < -0.39 is 0 Å². The third-order valence-electron chi connectivity index (χ3n) is 2.43.